The molecule has 1 aliphatic rings. The summed E-state index contributed by atoms with van der Waals surface area (Å²) in [6.45, 7) is 0.670. The van der Waals surface area contributed by atoms with Crippen molar-refractivity contribution in [1.82, 2.24) is 4.90 Å². The van der Waals surface area contributed by atoms with Crippen LogP contribution in [0.3, 0.4) is 0 Å². The van der Waals surface area contributed by atoms with Gasteiger partial charge in [-0.3, -0.25) is 9.59 Å². The number of sulfone groups is 1. The molecule has 1 aliphatic heterocycles. The van der Waals surface area contributed by atoms with Crippen molar-refractivity contribution in [2.45, 2.75) is 31.7 Å². The Labute approximate surface area is 118 Å². The Balaban J connectivity index is 2.59. The van der Waals surface area contributed by atoms with E-state index in [0.29, 0.717) is 19.6 Å². The van der Waals surface area contributed by atoms with Crippen LogP contribution in [0, 0.1) is 0 Å². The molecule has 8 heteroatoms. The van der Waals surface area contributed by atoms with Crippen molar-refractivity contribution < 1.29 is 27.9 Å². The second-order valence-electron chi connectivity index (χ2n) is 4.88. The predicted octanol–water partition coefficient (Wildman–Crippen LogP) is -0.0966. The van der Waals surface area contributed by atoms with Crippen LogP contribution in [-0.2, 0) is 24.2 Å². The van der Waals surface area contributed by atoms with E-state index in [-0.39, 0.29) is 42.7 Å². The van der Waals surface area contributed by atoms with Gasteiger partial charge in [0.25, 0.3) is 0 Å². The normalized spacial score (nSPS) is 20.8. The lowest BCUT2D eigenvalue weighted by Gasteiger charge is -2.28. The number of amides is 1. The van der Waals surface area contributed by atoms with Gasteiger partial charge in [-0.25, -0.2) is 8.42 Å². The van der Waals surface area contributed by atoms with E-state index >= 15 is 0 Å². The first-order chi connectivity index (χ1) is 9.35. The average molecular weight is 307 g/mol. The molecular formula is C12H21NO6S. The van der Waals surface area contributed by atoms with Gasteiger partial charge in [-0.1, -0.05) is 0 Å². The number of aliphatic carboxylic acids is 1. The predicted molar refractivity (Wildman–Crippen MR) is 72.1 cm³/mol. The lowest BCUT2D eigenvalue weighted by atomic mass is 10.1. The summed E-state index contributed by atoms with van der Waals surface area (Å²) in [7, 11) is -1.55. The minimum absolute atomic E-state index is 0.0125. The smallest absolute Gasteiger partial charge is 0.303 e. The third-order valence-corrected chi connectivity index (χ3v) is 5.04. The first-order valence-electron chi connectivity index (χ1n) is 6.56. The first kappa shape index (κ1) is 16.9. The van der Waals surface area contributed by atoms with Crippen molar-refractivity contribution in [2.24, 2.45) is 0 Å². The minimum atomic E-state index is -3.06. The van der Waals surface area contributed by atoms with Gasteiger partial charge < -0.3 is 14.7 Å². The molecule has 1 amide bonds. The van der Waals surface area contributed by atoms with Crippen molar-refractivity contribution in [3.05, 3.63) is 0 Å². The maximum Gasteiger partial charge on any atom is 0.303 e. The van der Waals surface area contributed by atoms with Crippen LogP contribution in [0.4, 0.5) is 0 Å². The van der Waals surface area contributed by atoms with E-state index in [1.54, 1.807) is 0 Å². The third kappa shape index (κ3) is 5.46. The quantitative estimate of drug-likeness (QED) is 0.672. The number of ether oxygens (including phenoxy) is 1. The van der Waals surface area contributed by atoms with Crippen molar-refractivity contribution in [3.8, 4) is 0 Å². The fourth-order valence-electron chi connectivity index (χ4n) is 2.26. The average Bonchev–Trinajstić information content (AvgIpc) is 2.69. The zero-order valence-corrected chi connectivity index (χ0v) is 12.4. The molecule has 1 atom stereocenters. The largest absolute Gasteiger partial charge is 0.481 e. The molecule has 0 aromatic rings. The fourth-order valence-corrected chi connectivity index (χ4v) is 3.99. The molecule has 116 valence electrons. The zero-order valence-electron chi connectivity index (χ0n) is 11.6. The highest BCUT2D eigenvalue weighted by atomic mass is 32.2. The van der Waals surface area contributed by atoms with E-state index in [1.165, 1.54) is 12.0 Å². The molecule has 0 aromatic heterocycles. The van der Waals surface area contributed by atoms with E-state index in [4.69, 9.17) is 9.84 Å². The number of rotatable bonds is 8. The van der Waals surface area contributed by atoms with E-state index in [9.17, 15) is 18.0 Å². The number of carbonyl (C=O) groups is 2. The van der Waals surface area contributed by atoms with Gasteiger partial charge in [-0.15, -0.1) is 0 Å². The molecule has 1 rings (SSSR count). The minimum Gasteiger partial charge on any atom is -0.481 e. The molecule has 0 bridgehead atoms. The Morgan fingerprint density at radius 3 is 2.55 bits per heavy atom. The van der Waals surface area contributed by atoms with Crippen LogP contribution in [0.5, 0.6) is 0 Å². The molecule has 0 saturated carbocycles. The van der Waals surface area contributed by atoms with Crippen LogP contribution in [0.2, 0.25) is 0 Å². The molecule has 0 radical (unpaired) electrons. The van der Waals surface area contributed by atoms with Gasteiger partial charge in [0.1, 0.15) is 0 Å². The number of carbonyl (C=O) groups excluding carboxylic acids is 1. The van der Waals surface area contributed by atoms with E-state index < -0.39 is 15.8 Å². The second kappa shape index (κ2) is 7.58. The number of hydrogen-bond donors (Lipinski definition) is 1. The summed E-state index contributed by atoms with van der Waals surface area (Å²) in [5.41, 5.74) is 0. The molecule has 0 aliphatic carbocycles. The molecule has 1 heterocycles. The lowest BCUT2D eigenvalue weighted by Crippen LogP contribution is -2.43. The van der Waals surface area contributed by atoms with Gasteiger partial charge in [0.2, 0.25) is 5.91 Å². The molecule has 0 aromatic carbocycles. The number of carboxylic acid groups (broad SMARTS) is 1. The van der Waals surface area contributed by atoms with Crippen molar-refractivity contribution in [3.63, 3.8) is 0 Å². The summed E-state index contributed by atoms with van der Waals surface area (Å²) < 4.78 is 27.9. The molecule has 1 N–H and O–H groups in total. The van der Waals surface area contributed by atoms with Crippen LogP contribution >= 0.6 is 0 Å². The van der Waals surface area contributed by atoms with E-state index in [1.807, 2.05) is 0 Å². The summed E-state index contributed by atoms with van der Waals surface area (Å²) in [5.74, 6) is -1.06. The topological polar surface area (TPSA) is 101 Å². The van der Waals surface area contributed by atoms with Gasteiger partial charge in [0, 0.05) is 32.5 Å². The molecule has 0 spiro atoms. The third-order valence-electron chi connectivity index (χ3n) is 3.29. The highest BCUT2D eigenvalue weighted by molar-refractivity contribution is 7.91. The molecular weight excluding hydrogens is 286 g/mol. The number of carboxylic acids is 1. The fraction of sp³-hybridized carbons (Fsp3) is 0.833. The maximum atomic E-state index is 12.1. The van der Waals surface area contributed by atoms with E-state index in [2.05, 4.69) is 0 Å². The lowest BCUT2D eigenvalue weighted by molar-refractivity contribution is -0.137. The van der Waals surface area contributed by atoms with Crippen LogP contribution in [0.15, 0.2) is 0 Å². The van der Waals surface area contributed by atoms with Crippen LogP contribution in [0.1, 0.15) is 25.7 Å². The first-order valence-corrected chi connectivity index (χ1v) is 8.38. The summed E-state index contributed by atoms with van der Waals surface area (Å²) in [4.78, 5) is 24.1. The van der Waals surface area contributed by atoms with E-state index in [0.717, 1.165) is 0 Å². The Morgan fingerprint density at radius 1 is 1.35 bits per heavy atom. The molecule has 1 unspecified atom stereocenters. The highest BCUT2D eigenvalue weighted by Gasteiger charge is 2.34. The summed E-state index contributed by atoms with van der Waals surface area (Å²) in [6, 6.07) is -0.313. The van der Waals surface area contributed by atoms with Gasteiger partial charge in [-0.05, 0) is 12.8 Å². The van der Waals surface area contributed by atoms with Crippen LogP contribution in [0.25, 0.3) is 0 Å². The Hall–Kier alpha value is -1.15. The highest BCUT2D eigenvalue weighted by Crippen LogP contribution is 2.19. The monoisotopic (exact) mass is 307 g/mol. The van der Waals surface area contributed by atoms with Gasteiger partial charge in [0.15, 0.2) is 9.84 Å². The molecule has 20 heavy (non-hydrogen) atoms. The van der Waals surface area contributed by atoms with Crippen LogP contribution in [-0.4, -0.2) is 68.1 Å². The number of methoxy groups -OCH3 is 1. The number of hydrogen-bond acceptors (Lipinski definition) is 5. The standard InChI is InChI=1S/C12H21NO6S/c1-19-7-6-13(10-5-8-20(17,18)9-10)11(14)3-2-4-12(15)16/h10H,2-9H2,1H3,(H,15,16). The Morgan fingerprint density at radius 2 is 2.05 bits per heavy atom. The zero-order chi connectivity index (χ0) is 15.2. The number of nitrogens with zero attached hydrogens (tertiary/aromatic N) is 1. The SMILES string of the molecule is COCCN(C(=O)CCCC(=O)O)C1CCS(=O)(=O)C1. The Bertz CT molecular complexity index is 447. The molecule has 7 nitrogen and oxygen atoms in total. The van der Waals surface area contributed by atoms with Crippen molar-refractivity contribution >= 4 is 21.7 Å². The summed E-state index contributed by atoms with van der Waals surface area (Å²) >= 11 is 0. The van der Waals surface area contributed by atoms with Gasteiger partial charge in [0.05, 0.1) is 18.1 Å². The second-order valence-corrected chi connectivity index (χ2v) is 7.11. The molecule has 1 fully saturated rings. The summed E-state index contributed by atoms with van der Waals surface area (Å²) in [6.07, 6.45) is 0.757. The van der Waals surface area contributed by atoms with Gasteiger partial charge >= 0.3 is 5.97 Å². The van der Waals surface area contributed by atoms with Crippen LogP contribution < -0.4 is 0 Å². The van der Waals surface area contributed by atoms with Gasteiger partial charge in [-0.2, -0.15) is 0 Å². The van der Waals surface area contributed by atoms with Crippen molar-refractivity contribution in [1.29, 1.82) is 0 Å². The van der Waals surface area contributed by atoms with Crippen molar-refractivity contribution in [2.75, 3.05) is 31.8 Å². The maximum absolute atomic E-state index is 12.1. The summed E-state index contributed by atoms with van der Waals surface area (Å²) in [5, 5.41) is 8.56. The molecule has 1 saturated heterocycles. The Kier molecular flexibility index (Phi) is 6.41.